The third kappa shape index (κ3) is 4.18. The minimum absolute atomic E-state index is 0.194. The average molecular weight is 347 g/mol. The number of benzene rings is 1. The number of aromatic nitrogens is 1. The van der Waals surface area contributed by atoms with Gasteiger partial charge in [-0.15, -0.1) is 0 Å². The standard InChI is InChI=1S/C19H23ClN2O2/c1-13-9-14(2)12-22(11-13)19(23)8-7-18-21-10-17(24-18)15-3-5-16(20)6-4-15/h3-6,10,13-14H,7-9,11-12H2,1-2H3. The minimum Gasteiger partial charge on any atom is -0.441 e. The number of hydrogen-bond donors (Lipinski definition) is 0. The first-order chi connectivity index (χ1) is 11.5. The fraction of sp³-hybridized carbons (Fsp3) is 0.474. The van der Waals surface area contributed by atoms with Gasteiger partial charge in [0.2, 0.25) is 5.91 Å². The summed E-state index contributed by atoms with van der Waals surface area (Å²) in [6.07, 6.45) is 3.88. The van der Waals surface area contributed by atoms with Crippen LogP contribution in [0, 0.1) is 11.8 Å². The van der Waals surface area contributed by atoms with Crippen LogP contribution in [0.15, 0.2) is 34.9 Å². The lowest BCUT2D eigenvalue weighted by Gasteiger charge is -2.35. The van der Waals surface area contributed by atoms with Crippen molar-refractivity contribution in [3.63, 3.8) is 0 Å². The Labute approximate surface area is 147 Å². The number of rotatable bonds is 4. The van der Waals surface area contributed by atoms with E-state index in [-0.39, 0.29) is 5.91 Å². The molecule has 2 unspecified atom stereocenters. The average Bonchev–Trinajstić information content (AvgIpc) is 3.01. The summed E-state index contributed by atoms with van der Waals surface area (Å²) >= 11 is 5.89. The van der Waals surface area contributed by atoms with Gasteiger partial charge in [-0.05, 0) is 42.5 Å². The number of amides is 1. The van der Waals surface area contributed by atoms with Crippen LogP contribution in [-0.2, 0) is 11.2 Å². The molecule has 2 aromatic rings. The van der Waals surface area contributed by atoms with Crippen molar-refractivity contribution in [2.24, 2.45) is 11.8 Å². The normalized spacial score (nSPS) is 21.0. The molecular formula is C19H23ClN2O2. The van der Waals surface area contributed by atoms with Crippen LogP contribution in [0.25, 0.3) is 11.3 Å². The third-order valence-electron chi connectivity index (χ3n) is 4.46. The van der Waals surface area contributed by atoms with Crippen LogP contribution in [-0.4, -0.2) is 28.9 Å². The van der Waals surface area contributed by atoms with E-state index in [1.54, 1.807) is 6.20 Å². The van der Waals surface area contributed by atoms with E-state index < -0.39 is 0 Å². The molecule has 1 aliphatic heterocycles. The maximum Gasteiger partial charge on any atom is 0.223 e. The Bertz CT molecular complexity index is 686. The van der Waals surface area contributed by atoms with Gasteiger partial charge in [-0.1, -0.05) is 25.4 Å². The van der Waals surface area contributed by atoms with Crippen molar-refractivity contribution in [2.75, 3.05) is 13.1 Å². The van der Waals surface area contributed by atoms with Crippen molar-refractivity contribution in [1.29, 1.82) is 0 Å². The van der Waals surface area contributed by atoms with Gasteiger partial charge < -0.3 is 9.32 Å². The van der Waals surface area contributed by atoms with Crippen LogP contribution in [0.1, 0.15) is 32.6 Å². The van der Waals surface area contributed by atoms with E-state index in [2.05, 4.69) is 18.8 Å². The van der Waals surface area contributed by atoms with Crippen molar-refractivity contribution < 1.29 is 9.21 Å². The number of aryl methyl sites for hydroxylation is 1. The Morgan fingerprint density at radius 3 is 2.58 bits per heavy atom. The first-order valence-electron chi connectivity index (χ1n) is 8.49. The number of hydrogen-bond acceptors (Lipinski definition) is 3. The second-order valence-corrected chi connectivity index (χ2v) is 7.31. The van der Waals surface area contributed by atoms with Gasteiger partial charge in [0.15, 0.2) is 11.7 Å². The highest BCUT2D eigenvalue weighted by atomic mass is 35.5. The lowest BCUT2D eigenvalue weighted by molar-refractivity contribution is -0.133. The van der Waals surface area contributed by atoms with Gasteiger partial charge in [-0.25, -0.2) is 4.98 Å². The maximum absolute atomic E-state index is 12.4. The molecule has 1 fully saturated rings. The molecule has 1 aromatic heterocycles. The Balaban J connectivity index is 1.57. The van der Waals surface area contributed by atoms with E-state index in [0.717, 1.165) is 18.7 Å². The molecule has 2 atom stereocenters. The van der Waals surface area contributed by atoms with Gasteiger partial charge in [0.25, 0.3) is 0 Å². The van der Waals surface area contributed by atoms with Gasteiger partial charge in [0.1, 0.15) is 0 Å². The molecule has 0 aliphatic carbocycles. The number of nitrogens with zero attached hydrogens (tertiary/aromatic N) is 2. The molecule has 0 radical (unpaired) electrons. The highest BCUT2D eigenvalue weighted by molar-refractivity contribution is 6.30. The summed E-state index contributed by atoms with van der Waals surface area (Å²) in [5, 5.41) is 0.689. The van der Waals surface area contributed by atoms with Crippen molar-refractivity contribution in [3.8, 4) is 11.3 Å². The topological polar surface area (TPSA) is 46.3 Å². The Morgan fingerprint density at radius 1 is 1.25 bits per heavy atom. The maximum atomic E-state index is 12.4. The van der Waals surface area contributed by atoms with Crippen LogP contribution >= 0.6 is 11.6 Å². The number of carbonyl (C=O) groups excluding carboxylic acids is 1. The summed E-state index contributed by atoms with van der Waals surface area (Å²) < 4.78 is 5.76. The van der Waals surface area contributed by atoms with Gasteiger partial charge in [0.05, 0.1) is 6.20 Å². The fourth-order valence-electron chi connectivity index (χ4n) is 3.41. The summed E-state index contributed by atoms with van der Waals surface area (Å²) in [7, 11) is 0. The van der Waals surface area contributed by atoms with Crippen LogP contribution in [0.2, 0.25) is 5.02 Å². The Hall–Kier alpha value is -1.81. The van der Waals surface area contributed by atoms with Crippen molar-refractivity contribution >= 4 is 17.5 Å². The van der Waals surface area contributed by atoms with Crippen LogP contribution in [0.5, 0.6) is 0 Å². The summed E-state index contributed by atoms with van der Waals surface area (Å²) in [5.74, 6) is 2.66. The lowest BCUT2D eigenvalue weighted by atomic mass is 9.91. The van der Waals surface area contributed by atoms with Gasteiger partial charge >= 0.3 is 0 Å². The zero-order chi connectivity index (χ0) is 17.1. The third-order valence-corrected chi connectivity index (χ3v) is 4.71. The summed E-state index contributed by atoms with van der Waals surface area (Å²) in [6.45, 7) is 6.15. The number of piperidine rings is 1. The number of halogens is 1. The van der Waals surface area contributed by atoms with E-state index in [4.69, 9.17) is 16.0 Å². The summed E-state index contributed by atoms with van der Waals surface area (Å²) in [5.41, 5.74) is 0.933. The predicted octanol–water partition coefficient (Wildman–Crippen LogP) is 4.43. The molecule has 1 amide bonds. The summed E-state index contributed by atoms with van der Waals surface area (Å²) in [6, 6.07) is 7.44. The fourth-order valence-corrected chi connectivity index (χ4v) is 3.54. The molecule has 1 aromatic carbocycles. The molecule has 4 nitrogen and oxygen atoms in total. The van der Waals surface area contributed by atoms with Crippen LogP contribution < -0.4 is 0 Å². The summed E-state index contributed by atoms with van der Waals surface area (Å²) in [4.78, 5) is 18.7. The number of oxazole rings is 1. The molecule has 1 aliphatic rings. The monoisotopic (exact) mass is 346 g/mol. The SMILES string of the molecule is CC1CC(C)CN(C(=O)CCc2ncc(-c3ccc(Cl)cc3)o2)C1. The van der Waals surface area contributed by atoms with E-state index in [0.29, 0.717) is 41.4 Å². The van der Waals surface area contributed by atoms with Crippen LogP contribution in [0.3, 0.4) is 0 Å². The van der Waals surface area contributed by atoms with Crippen molar-refractivity contribution in [2.45, 2.75) is 33.1 Å². The Kier molecular flexibility index (Phi) is 5.24. The molecule has 3 rings (SSSR count). The largest absolute Gasteiger partial charge is 0.441 e. The number of likely N-dealkylation sites (tertiary alicyclic amines) is 1. The van der Waals surface area contributed by atoms with E-state index in [9.17, 15) is 4.79 Å². The molecule has 5 heteroatoms. The minimum atomic E-state index is 0.194. The molecule has 0 bridgehead atoms. The van der Waals surface area contributed by atoms with Gasteiger partial charge in [-0.2, -0.15) is 0 Å². The molecule has 128 valence electrons. The van der Waals surface area contributed by atoms with Crippen molar-refractivity contribution in [1.82, 2.24) is 9.88 Å². The second kappa shape index (κ2) is 7.39. The lowest BCUT2D eigenvalue weighted by Crippen LogP contribution is -2.42. The molecule has 24 heavy (non-hydrogen) atoms. The van der Waals surface area contributed by atoms with Gasteiger partial charge in [0, 0.05) is 36.5 Å². The highest BCUT2D eigenvalue weighted by Crippen LogP contribution is 2.24. The molecule has 0 N–H and O–H groups in total. The number of carbonyl (C=O) groups is 1. The van der Waals surface area contributed by atoms with Crippen molar-refractivity contribution in [3.05, 3.63) is 41.4 Å². The zero-order valence-electron chi connectivity index (χ0n) is 14.2. The van der Waals surface area contributed by atoms with E-state index >= 15 is 0 Å². The first-order valence-corrected chi connectivity index (χ1v) is 8.87. The zero-order valence-corrected chi connectivity index (χ0v) is 14.9. The molecular weight excluding hydrogens is 324 g/mol. The first kappa shape index (κ1) is 17.0. The molecule has 0 saturated carbocycles. The Morgan fingerprint density at radius 2 is 1.92 bits per heavy atom. The molecule has 0 spiro atoms. The highest BCUT2D eigenvalue weighted by Gasteiger charge is 2.25. The van der Waals surface area contributed by atoms with Gasteiger partial charge in [-0.3, -0.25) is 4.79 Å². The predicted molar refractivity (Wildman–Crippen MR) is 94.8 cm³/mol. The smallest absolute Gasteiger partial charge is 0.223 e. The molecule has 2 heterocycles. The van der Waals surface area contributed by atoms with E-state index in [1.165, 1.54) is 6.42 Å². The quantitative estimate of drug-likeness (QED) is 0.822. The van der Waals surface area contributed by atoms with Crippen LogP contribution in [0.4, 0.5) is 0 Å². The second-order valence-electron chi connectivity index (χ2n) is 6.87. The molecule has 1 saturated heterocycles. The van der Waals surface area contributed by atoms with E-state index in [1.807, 2.05) is 29.2 Å².